The molecule has 0 spiro atoms. The Morgan fingerprint density at radius 2 is 0.732 bits per heavy atom. The van der Waals surface area contributed by atoms with E-state index in [0.29, 0.717) is 6.42 Å². The monoisotopic (exact) mass is 792 g/mol. The van der Waals surface area contributed by atoms with Gasteiger partial charge < -0.3 is 20.6 Å². The Labute approximate surface area is 350 Å². The van der Waals surface area contributed by atoms with Crippen molar-refractivity contribution in [2.24, 2.45) is 0 Å². The summed E-state index contributed by atoms with van der Waals surface area (Å²) >= 11 is 0. The van der Waals surface area contributed by atoms with Crippen LogP contribution in [0.15, 0.2) is 12.2 Å². The molecule has 0 aromatic heterocycles. The Morgan fingerprint density at radius 1 is 0.446 bits per heavy atom. The van der Waals surface area contributed by atoms with Crippen LogP contribution < -0.4 is 5.32 Å². The zero-order valence-electron chi connectivity index (χ0n) is 38.0. The smallest absolute Gasteiger partial charge is 0.222 e. The van der Waals surface area contributed by atoms with Gasteiger partial charge in [0.2, 0.25) is 5.91 Å². The van der Waals surface area contributed by atoms with Gasteiger partial charge in [-0.3, -0.25) is 4.79 Å². The minimum absolute atomic E-state index is 0.0193. The molecule has 56 heavy (non-hydrogen) atoms. The highest BCUT2D eigenvalue weighted by Crippen LogP contribution is 2.17. The lowest BCUT2D eigenvalue weighted by Crippen LogP contribution is -2.45. The molecule has 0 rings (SSSR count). The minimum Gasteiger partial charge on any atom is -0.394 e. The largest absolute Gasteiger partial charge is 0.394 e. The van der Waals surface area contributed by atoms with E-state index < -0.39 is 18.2 Å². The van der Waals surface area contributed by atoms with Crippen molar-refractivity contribution in [2.45, 2.75) is 302 Å². The molecular weight excluding hydrogens is 691 g/mol. The van der Waals surface area contributed by atoms with Crippen LogP contribution in [0, 0.1) is 0 Å². The number of rotatable bonds is 47. The van der Waals surface area contributed by atoms with E-state index >= 15 is 0 Å². The first-order valence-corrected chi connectivity index (χ1v) is 25.5. The van der Waals surface area contributed by atoms with Crippen molar-refractivity contribution in [2.75, 3.05) is 6.61 Å². The van der Waals surface area contributed by atoms with Crippen molar-refractivity contribution in [1.29, 1.82) is 0 Å². The maximum Gasteiger partial charge on any atom is 0.222 e. The first-order chi connectivity index (χ1) is 27.5. The topological polar surface area (TPSA) is 89.8 Å². The van der Waals surface area contributed by atoms with E-state index in [0.717, 1.165) is 25.7 Å². The summed E-state index contributed by atoms with van der Waals surface area (Å²) in [4.78, 5) is 12.5. The quantitative estimate of drug-likeness (QED) is 0.0365. The number of hydrogen-bond donors (Lipinski definition) is 4. The van der Waals surface area contributed by atoms with Crippen LogP contribution in [0.5, 0.6) is 0 Å². The number of nitrogens with one attached hydrogen (secondary N) is 1. The highest BCUT2D eigenvalue weighted by Gasteiger charge is 2.20. The third-order valence-electron chi connectivity index (χ3n) is 12.1. The van der Waals surface area contributed by atoms with Crippen LogP contribution in [-0.2, 0) is 4.79 Å². The van der Waals surface area contributed by atoms with Gasteiger partial charge in [-0.2, -0.15) is 0 Å². The van der Waals surface area contributed by atoms with Crippen LogP contribution in [0.3, 0.4) is 0 Å². The number of aliphatic hydroxyl groups is 3. The summed E-state index contributed by atoms with van der Waals surface area (Å²) in [6.07, 6.45) is 56.6. The van der Waals surface area contributed by atoms with Gasteiger partial charge in [0.25, 0.3) is 0 Å². The zero-order chi connectivity index (χ0) is 40.8. The highest BCUT2D eigenvalue weighted by atomic mass is 16.3. The Bertz CT molecular complexity index is 788. The summed E-state index contributed by atoms with van der Waals surface area (Å²) in [5, 5.41) is 33.4. The molecule has 0 heterocycles. The number of carbonyl (C=O) groups excluding carboxylic acids is 1. The molecule has 3 atom stereocenters. The maximum atomic E-state index is 12.5. The predicted molar refractivity (Wildman–Crippen MR) is 245 cm³/mol. The van der Waals surface area contributed by atoms with Gasteiger partial charge in [0.15, 0.2) is 0 Å². The Morgan fingerprint density at radius 3 is 1.04 bits per heavy atom. The number of hydrogen-bond acceptors (Lipinski definition) is 4. The van der Waals surface area contributed by atoms with Gasteiger partial charge in [-0.05, 0) is 19.3 Å². The van der Waals surface area contributed by atoms with E-state index in [-0.39, 0.29) is 18.9 Å². The highest BCUT2D eigenvalue weighted by molar-refractivity contribution is 5.76. The van der Waals surface area contributed by atoms with Gasteiger partial charge in [-0.1, -0.05) is 270 Å². The van der Waals surface area contributed by atoms with Crippen molar-refractivity contribution < 1.29 is 20.1 Å². The van der Waals surface area contributed by atoms with E-state index in [2.05, 4.69) is 19.2 Å². The van der Waals surface area contributed by atoms with Crippen molar-refractivity contribution in [3.05, 3.63) is 12.2 Å². The minimum atomic E-state index is -0.925. The summed E-state index contributed by atoms with van der Waals surface area (Å²) in [6, 6.07) is -0.740. The van der Waals surface area contributed by atoms with Crippen molar-refractivity contribution in [3.8, 4) is 0 Å². The second-order valence-electron chi connectivity index (χ2n) is 17.8. The fourth-order valence-electron chi connectivity index (χ4n) is 8.17. The Hall–Kier alpha value is -0.910. The molecule has 0 fully saturated rings. The summed E-state index contributed by atoms with van der Waals surface area (Å²) in [5.74, 6) is -0.309. The predicted octanol–water partition coefficient (Wildman–Crippen LogP) is 15.2. The van der Waals surface area contributed by atoms with Gasteiger partial charge in [0.05, 0.1) is 31.3 Å². The average Bonchev–Trinajstić information content (AvgIpc) is 3.19. The zero-order valence-corrected chi connectivity index (χ0v) is 38.0. The third kappa shape index (κ3) is 42.7. The van der Waals surface area contributed by atoms with Crippen molar-refractivity contribution in [1.82, 2.24) is 5.32 Å². The summed E-state index contributed by atoms with van der Waals surface area (Å²) in [7, 11) is 0. The molecule has 0 radical (unpaired) electrons. The molecule has 0 saturated heterocycles. The van der Waals surface area contributed by atoms with Crippen molar-refractivity contribution >= 4 is 5.91 Å². The second-order valence-corrected chi connectivity index (χ2v) is 17.8. The molecule has 0 aromatic carbocycles. The van der Waals surface area contributed by atoms with Gasteiger partial charge in [-0.25, -0.2) is 0 Å². The third-order valence-corrected chi connectivity index (χ3v) is 12.1. The number of aliphatic hydroxyl groups excluding tert-OH is 3. The van der Waals surface area contributed by atoms with E-state index in [4.69, 9.17) is 0 Å². The summed E-state index contributed by atoms with van der Waals surface area (Å²) < 4.78 is 0. The normalized spacial score (nSPS) is 13.4. The van der Waals surface area contributed by atoms with Gasteiger partial charge in [0.1, 0.15) is 0 Å². The molecule has 3 unspecified atom stereocenters. The van der Waals surface area contributed by atoms with E-state index in [1.54, 1.807) is 6.08 Å². The van der Waals surface area contributed by atoms with Crippen LogP contribution in [0.2, 0.25) is 0 Å². The number of allylic oxidation sites excluding steroid dienone is 1. The molecule has 0 aliphatic heterocycles. The molecular formula is C51H101NO4. The molecule has 5 nitrogen and oxygen atoms in total. The summed E-state index contributed by atoms with van der Waals surface area (Å²) in [5.41, 5.74) is 0. The van der Waals surface area contributed by atoms with E-state index in [1.807, 2.05) is 6.08 Å². The van der Waals surface area contributed by atoms with E-state index in [1.165, 1.54) is 231 Å². The Kier molecular flexibility index (Phi) is 46.0. The van der Waals surface area contributed by atoms with Gasteiger partial charge in [0, 0.05) is 0 Å². The van der Waals surface area contributed by atoms with Gasteiger partial charge in [-0.15, -0.1) is 0 Å². The molecule has 4 N–H and O–H groups in total. The number of unbranched alkanes of at least 4 members (excludes halogenated alkanes) is 38. The molecule has 0 aromatic rings. The fraction of sp³-hybridized carbons (Fsp3) is 0.941. The molecule has 0 saturated carbocycles. The van der Waals surface area contributed by atoms with Crippen molar-refractivity contribution in [3.63, 3.8) is 0 Å². The summed E-state index contributed by atoms with van der Waals surface area (Å²) in [6.45, 7) is 4.25. The first-order valence-electron chi connectivity index (χ1n) is 25.5. The lowest BCUT2D eigenvalue weighted by Gasteiger charge is -2.21. The maximum absolute atomic E-state index is 12.5. The molecule has 334 valence electrons. The standard InChI is InChI=1S/C51H101NO4/c1-3-5-7-9-11-13-15-17-19-21-23-25-26-28-30-32-34-36-38-40-42-44-48(54)46-51(56)52-49(47-53)50(55)45-43-41-39-37-35-33-31-29-27-24-22-20-18-16-14-12-10-8-6-4-2/h43,45,48-50,53-55H,3-42,44,46-47H2,1-2H3,(H,52,56)/b45-43+. The molecule has 5 heteroatoms. The first kappa shape index (κ1) is 55.1. The molecule has 0 aliphatic carbocycles. The van der Waals surface area contributed by atoms with Crippen LogP contribution in [0.4, 0.5) is 0 Å². The fourth-order valence-corrected chi connectivity index (χ4v) is 8.17. The van der Waals surface area contributed by atoms with Crippen LogP contribution in [0.25, 0.3) is 0 Å². The average molecular weight is 792 g/mol. The van der Waals surface area contributed by atoms with Crippen LogP contribution in [-0.4, -0.2) is 46.1 Å². The SMILES string of the molecule is CCCCCCCCCCCCCCCCCCCC/C=C/C(O)C(CO)NC(=O)CC(O)CCCCCCCCCCCCCCCCCCCCCCC. The number of amides is 1. The lowest BCUT2D eigenvalue weighted by molar-refractivity contribution is -0.124. The number of carbonyl (C=O) groups is 1. The van der Waals surface area contributed by atoms with E-state index in [9.17, 15) is 20.1 Å². The van der Waals surface area contributed by atoms with Crippen LogP contribution >= 0.6 is 0 Å². The molecule has 0 aliphatic rings. The molecule has 0 bridgehead atoms. The van der Waals surface area contributed by atoms with Gasteiger partial charge >= 0.3 is 0 Å². The second kappa shape index (κ2) is 46.8. The lowest BCUT2D eigenvalue weighted by atomic mass is 10.0. The molecule has 1 amide bonds. The van der Waals surface area contributed by atoms with Crippen LogP contribution in [0.1, 0.15) is 284 Å². The Balaban J connectivity index is 3.58.